The van der Waals surface area contributed by atoms with E-state index in [0.29, 0.717) is 24.3 Å². The van der Waals surface area contributed by atoms with Gasteiger partial charge in [0.15, 0.2) is 11.5 Å². The summed E-state index contributed by atoms with van der Waals surface area (Å²) in [6, 6.07) is 4.68. The summed E-state index contributed by atoms with van der Waals surface area (Å²) in [5.74, 6) is 0.647. The molecule has 138 valence electrons. The minimum Gasteiger partial charge on any atom is -0.454 e. The highest BCUT2D eigenvalue weighted by Gasteiger charge is 2.52. The number of hydrogen-bond donors (Lipinski definition) is 2. The van der Waals surface area contributed by atoms with Gasteiger partial charge in [0.1, 0.15) is 12.1 Å². The predicted molar refractivity (Wildman–Crippen MR) is 90.6 cm³/mol. The van der Waals surface area contributed by atoms with Crippen molar-refractivity contribution in [1.29, 1.82) is 0 Å². The Morgan fingerprint density at radius 3 is 2.77 bits per heavy atom. The summed E-state index contributed by atoms with van der Waals surface area (Å²) in [5, 5.41) is 5.60. The molecule has 1 saturated heterocycles. The maximum atomic E-state index is 12.6. The van der Waals surface area contributed by atoms with Crippen LogP contribution in [0, 0.1) is 0 Å². The molecule has 2 N–H and O–H groups in total. The molecule has 1 spiro atoms. The lowest BCUT2D eigenvalue weighted by atomic mass is 9.98. The number of rotatable bonds is 4. The molecule has 1 aliphatic carbocycles. The number of imide groups is 1. The van der Waals surface area contributed by atoms with Gasteiger partial charge in [-0.05, 0) is 37.5 Å². The first kappa shape index (κ1) is 16.7. The Bertz CT molecular complexity index is 772. The van der Waals surface area contributed by atoms with Crippen LogP contribution in [0.1, 0.15) is 44.2 Å². The van der Waals surface area contributed by atoms with Crippen molar-refractivity contribution < 1.29 is 23.9 Å². The van der Waals surface area contributed by atoms with Gasteiger partial charge in [-0.15, -0.1) is 0 Å². The molecule has 4 rings (SSSR count). The van der Waals surface area contributed by atoms with Crippen LogP contribution in [0.4, 0.5) is 4.79 Å². The van der Waals surface area contributed by atoms with E-state index >= 15 is 0 Å². The quantitative estimate of drug-likeness (QED) is 0.793. The topological polar surface area (TPSA) is 97.0 Å². The molecule has 0 unspecified atom stereocenters. The standard InChI is InChI=1S/C18H21N3O5/c1-11(12-4-5-13-14(8-12)26-10-25-13)19-15(22)9-21-16(23)18(20-17(21)24)6-2-3-7-18/h4-5,8,11H,2-3,6-7,9-10H2,1H3,(H,19,22)(H,20,24)/t11-/m1/s1. The number of fused-ring (bicyclic) bond motifs is 1. The number of benzene rings is 1. The Hall–Kier alpha value is -2.77. The molecule has 1 aromatic carbocycles. The summed E-state index contributed by atoms with van der Waals surface area (Å²) >= 11 is 0. The summed E-state index contributed by atoms with van der Waals surface area (Å²) in [5.41, 5.74) is 0.0624. The highest BCUT2D eigenvalue weighted by Crippen LogP contribution is 2.35. The van der Waals surface area contributed by atoms with E-state index in [1.807, 2.05) is 19.1 Å². The second-order valence-corrected chi connectivity index (χ2v) is 7.01. The van der Waals surface area contributed by atoms with Crippen molar-refractivity contribution in [2.45, 2.75) is 44.2 Å². The molecular weight excluding hydrogens is 338 g/mol. The van der Waals surface area contributed by atoms with Gasteiger partial charge in [0.25, 0.3) is 5.91 Å². The van der Waals surface area contributed by atoms with Gasteiger partial charge in [0.2, 0.25) is 12.7 Å². The van der Waals surface area contributed by atoms with E-state index in [9.17, 15) is 14.4 Å². The van der Waals surface area contributed by atoms with Gasteiger partial charge in [-0.3, -0.25) is 14.5 Å². The number of ether oxygens (including phenoxy) is 2. The number of amides is 4. The summed E-state index contributed by atoms with van der Waals surface area (Å²) in [6.45, 7) is 1.74. The van der Waals surface area contributed by atoms with Crippen molar-refractivity contribution in [1.82, 2.24) is 15.5 Å². The maximum absolute atomic E-state index is 12.6. The third-order valence-electron chi connectivity index (χ3n) is 5.28. The Morgan fingerprint density at radius 1 is 1.27 bits per heavy atom. The number of nitrogens with zero attached hydrogens (tertiary/aromatic N) is 1. The third kappa shape index (κ3) is 2.75. The van der Waals surface area contributed by atoms with Crippen LogP contribution < -0.4 is 20.1 Å². The number of carbonyl (C=O) groups excluding carboxylic acids is 3. The zero-order valence-electron chi connectivity index (χ0n) is 14.5. The van der Waals surface area contributed by atoms with Crippen molar-refractivity contribution in [3.8, 4) is 11.5 Å². The van der Waals surface area contributed by atoms with E-state index in [1.165, 1.54) is 0 Å². The Balaban J connectivity index is 1.39. The molecule has 8 heteroatoms. The fraction of sp³-hybridized carbons (Fsp3) is 0.500. The average molecular weight is 359 g/mol. The number of carbonyl (C=O) groups is 3. The van der Waals surface area contributed by atoms with Gasteiger partial charge in [-0.2, -0.15) is 0 Å². The molecule has 2 fully saturated rings. The van der Waals surface area contributed by atoms with E-state index in [1.54, 1.807) is 6.07 Å². The van der Waals surface area contributed by atoms with Crippen molar-refractivity contribution in [3.63, 3.8) is 0 Å². The molecule has 2 aliphatic heterocycles. The largest absolute Gasteiger partial charge is 0.454 e. The lowest BCUT2D eigenvalue weighted by molar-refractivity contribution is -0.135. The first-order chi connectivity index (χ1) is 12.5. The maximum Gasteiger partial charge on any atom is 0.325 e. The molecular formula is C18H21N3O5. The average Bonchev–Trinajstić information content (AvgIpc) is 3.31. The van der Waals surface area contributed by atoms with Crippen LogP contribution in [-0.4, -0.2) is 41.6 Å². The summed E-state index contributed by atoms with van der Waals surface area (Å²) in [7, 11) is 0. The monoisotopic (exact) mass is 359 g/mol. The van der Waals surface area contributed by atoms with E-state index in [4.69, 9.17) is 9.47 Å². The second-order valence-electron chi connectivity index (χ2n) is 7.01. The van der Waals surface area contributed by atoms with Crippen molar-refractivity contribution in [2.75, 3.05) is 13.3 Å². The molecule has 4 amide bonds. The van der Waals surface area contributed by atoms with E-state index < -0.39 is 11.6 Å². The molecule has 1 aromatic rings. The molecule has 8 nitrogen and oxygen atoms in total. The highest BCUT2D eigenvalue weighted by atomic mass is 16.7. The summed E-state index contributed by atoms with van der Waals surface area (Å²) in [6.07, 6.45) is 3.10. The van der Waals surface area contributed by atoms with E-state index in [2.05, 4.69) is 10.6 Å². The lowest BCUT2D eigenvalue weighted by Crippen LogP contribution is -2.45. The molecule has 3 aliphatic rings. The van der Waals surface area contributed by atoms with Crippen LogP contribution in [0.2, 0.25) is 0 Å². The SMILES string of the molecule is C[C@@H](NC(=O)CN1C(=O)NC2(CCCC2)C1=O)c1ccc2c(c1)OCO2. The van der Waals surface area contributed by atoms with Crippen LogP contribution in [0.15, 0.2) is 18.2 Å². The summed E-state index contributed by atoms with van der Waals surface area (Å²) < 4.78 is 10.6. The molecule has 0 bridgehead atoms. The highest BCUT2D eigenvalue weighted by molar-refractivity contribution is 6.09. The van der Waals surface area contributed by atoms with Crippen LogP contribution >= 0.6 is 0 Å². The van der Waals surface area contributed by atoms with Gasteiger partial charge in [0.05, 0.1) is 6.04 Å². The molecule has 0 aromatic heterocycles. The molecule has 2 heterocycles. The smallest absolute Gasteiger partial charge is 0.325 e. The number of hydrogen-bond acceptors (Lipinski definition) is 5. The Kier molecular flexibility index (Phi) is 3.97. The van der Waals surface area contributed by atoms with E-state index in [0.717, 1.165) is 23.3 Å². The van der Waals surface area contributed by atoms with Gasteiger partial charge < -0.3 is 20.1 Å². The minimum atomic E-state index is -0.791. The van der Waals surface area contributed by atoms with Crippen molar-refractivity contribution >= 4 is 17.8 Å². The predicted octanol–water partition coefficient (Wildman–Crippen LogP) is 1.46. The first-order valence-corrected chi connectivity index (χ1v) is 8.81. The zero-order valence-corrected chi connectivity index (χ0v) is 14.5. The Labute approximate surface area is 150 Å². The lowest BCUT2D eigenvalue weighted by Gasteiger charge is -2.20. The fourth-order valence-electron chi connectivity index (χ4n) is 3.83. The van der Waals surface area contributed by atoms with Crippen LogP contribution in [0.25, 0.3) is 0 Å². The third-order valence-corrected chi connectivity index (χ3v) is 5.28. The number of nitrogens with one attached hydrogen (secondary N) is 2. The van der Waals surface area contributed by atoms with Crippen LogP contribution in [0.5, 0.6) is 11.5 Å². The zero-order chi connectivity index (χ0) is 18.3. The van der Waals surface area contributed by atoms with Crippen molar-refractivity contribution in [3.05, 3.63) is 23.8 Å². The van der Waals surface area contributed by atoms with Gasteiger partial charge >= 0.3 is 6.03 Å². The second kappa shape index (κ2) is 6.19. The van der Waals surface area contributed by atoms with Crippen LogP contribution in [0.3, 0.4) is 0 Å². The van der Waals surface area contributed by atoms with Crippen molar-refractivity contribution in [2.24, 2.45) is 0 Å². The summed E-state index contributed by atoms with van der Waals surface area (Å²) in [4.78, 5) is 38.1. The van der Waals surface area contributed by atoms with Gasteiger partial charge in [0, 0.05) is 0 Å². The van der Waals surface area contributed by atoms with Crippen LogP contribution in [-0.2, 0) is 9.59 Å². The normalized spacial score (nSPS) is 21.2. The molecule has 26 heavy (non-hydrogen) atoms. The van der Waals surface area contributed by atoms with E-state index in [-0.39, 0.29) is 31.2 Å². The molecule has 1 saturated carbocycles. The molecule has 1 atom stereocenters. The number of urea groups is 1. The Morgan fingerprint density at radius 2 is 2.00 bits per heavy atom. The van der Waals surface area contributed by atoms with Gasteiger partial charge in [-0.1, -0.05) is 18.9 Å². The fourth-order valence-corrected chi connectivity index (χ4v) is 3.83. The first-order valence-electron chi connectivity index (χ1n) is 8.81. The van der Waals surface area contributed by atoms with Gasteiger partial charge in [-0.25, -0.2) is 4.79 Å². The molecule has 0 radical (unpaired) electrons. The minimum absolute atomic E-state index is 0.188.